The van der Waals surface area contributed by atoms with Gasteiger partial charge in [-0.1, -0.05) is 6.07 Å². The molecule has 2 rings (SSSR count). The van der Waals surface area contributed by atoms with Gasteiger partial charge >= 0.3 is 0 Å². The highest BCUT2D eigenvalue weighted by molar-refractivity contribution is 5.76. The van der Waals surface area contributed by atoms with Gasteiger partial charge in [0.25, 0.3) is 0 Å². The zero-order valence-electron chi connectivity index (χ0n) is 11.3. The molecule has 0 aliphatic carbocycles. The average Bonchev–Trinajstić information content (AvgIpc) is 2.92. The van der Waals surface area contributed by atoms with Crippen LogP contribution in [0.5, 0.6) is 5.75 Å². The maximum absolute atomic E-state index is 11.7. The second-order valence-electron chi connectivity index (χ2n) is 4.48. The number of nitrogen functional groups attached to an aromatic ring is 1. The maximum Gasteiger partial charge on any atom is 0.224 e. The van der Waals surface area contributed by atoms with E-state index in [0.29, 0.717) is 18.0 Å². The first-order valence-corrected chi connectivity index (χ1v) is 6.46. The van der Waals surface area contributed by atoms with Crippen LogP contribution in [0.15, 0.2) is 47.1 Å². The molecule has 0 radical (unpaired) electrons. The van der Waals surface area contributed by atoms with Crippen molar-refractivity contribution in [3.63, 3.8) is 0 Å². The fourth-order valence-electron chi connectivity index (χ4n) is 1.79. The van der Waals surface area contributed by atoms with E-state index in [2.05, 4.69) is 5.32 Å². The number of hydrogen-bond donors (Lipinski definition) is 2. The van der Waals surface area contributed by atoms with Crippen molar-refractivity contribution < 1.29 is 13.9 Å². The highest BCUT2D eigenvalue weighted by atomic mass is 16.5. The van der Waals surface area contributed by atoms with E-state index < -0.39 is 0 Å². The van der Waals surface area contributed by atoms with E-state index in [9.17, 15) is 4.79 Å². The van der Waals surface area contributed by atoms with Crippen molar-refractivity contribution in [2.45, 2.75) is 19.4 Å². The molecule has 106 valence electrons. The second-order valence-corrected chi connectivity index (χ2v) is 4.48. The molecule has 0 saturated carbocycles. The van der Waals surface area contributed by atoms with Gasteiger partial charge in [0.05, 0.1) is 25.3 Å². The summed E-state index contributed by atoms with van der Waals surface area (Å²) in [4.78, 5) is 11.7. The molecular formula is C15H18N2O3. The van der Waals surface area contributed by atoms with Crippen LogP contribution in [0.4, 0.5) is 5.69 Å². The van der Waals surface area contributed by atoms with Gasteiger partial charge in [-0.15, -0.1) is 0 Å². The highest BCUT2D eigenvalue weighted by Crippen LogP contribution is 2.15. The molecule has 1 atom stereocenters. The molecule has 0 aliphatic heterocycles. The summed E-state index contributed by atoms with van der Waals surface area (Å²) in [5.41, 5.74) is 6.28. The predicted molar refractivity (Wildman–Crippen MR) is 76.2 cm³/mol. The van der Waals surface area contributed by atoms with Crippen LogP contribution in [0.2, 0.25) is 0 Å². The fourth-order valence-corrected chi connectivity index (χ4v) is 1.79. The summed E-state index contributed by atoms with van der Waals surface area (Å²) in [7, 11) is 0. The van der Waals surface area contributed by atoms with Gasteiger partial charge in [-0.3, -0.25) is 4.79 Å². The standard InChI is InChI=1S/C15H18N2O3/c1-11(14-6-3-8-20-14)17-15(18)7-9-19-13-5-2-4-12(16)10-13/h2-6,8,10-11H,7,9,16H2,1H3,(H,17,18). The Morgan fingerprint density at radius 1 is 1.40 bits per heavy atom. The molecule has 20 heavy (non-hydrogen) atoms. The minimum absolute atomic E-state index is 0.0854. The van der Waals surface area contributed by atoms with Gasteiger partial charge in [0.2, 0.25) is 5.91 Å². The lowest BCUT2D eigenvalue weighted by Crippen LogP contribution is -2.27. The van der Waals surface area contributed by atoms with Crippen LogP contribution in [-0.2, 0) is 4.79 Å². The largest absolute Gasteiger partial charge is 0.493 e. The summed E-state index contributed by atoms with van der Waals surface area (Å²) >= 11 is 0. The van der Waals surface area contributed by atoms with E-state index in [4.69, 9.17) is 14.9 Å². The first-order valence-electron chi connectivity index (χ1n) is 6.46. The van der Waals surface area contributed by atoms with Crippen LogP contribution < -0.4 is 15.8 Å². The number of nitrogens with one attached hydrogen (secondary N) is 1. The molecule has 1 aromatic heterocycles. The Kier molecular flexibility index (Phi) is 4.65. The van der Waals surface area contributed by atoms with Crippen molar-refractivity contribution in [3.8, 4) is 5.75 Å². The zero-order chi connectivity index (χ0) is 14.4. The molecule has 0 saturated heterocycles. The highest BCUT2D eigenvalue weighted by Gasteiger charge is 2.11. The minimum Gasteiger partial charge on any atom is -0.493 e. The fraction of sp³-hybridized carbons (Fsp3) is 0.267. The van der Waals surface area contributed by atoms with Crippen molar-refractivity contribution in [1.82, 2.24) is 5.32 Å². The third-order valence-corrected chi connectivity index (χ3v) is 2.80. The van der Waals surface area contributed by atoms with E-state index in [-0.39, 0.29) is 18.4 Å². The van der Waals surface area contributed by atoms with Crippen molar-refractivity contribution in [1.29, 1.82) is 0 Å². The van der Waals surface area contributed by atoms with E-state index >= 15 is 0 Å². The number of carbonyl (C=O) groups is 1. The summed E-state index contributed by atoms with van der Waals surface area (Å²) in [6.07, 6.45) is 1.86. The molecule has 0 aliphatic rings. The van der Waals surface area contributed by atoms with E-state index in [0.717, 1.165) is 5.76 Å². The summed E-state index contributed by atoms with van der Waals surface area (Å²) in [6, 6.07) is 10.6. The summed E-state index contributed by atoms with van der Waals surface area (Å²) < 4.78 is 10.7. The van der Waals surface area contributed by atoms with Crippen LogP contribution in [0.25, 0.3) is 0 Å². The lowest BCUT2D eigenvalue weighted by molar-refractivity contribution is -0.122. The molecule has 1 unspecified atom stereocenters. The van der Waals surface area contributed by atoms with Crippen LogP contribution in [0.1, 0.15) is 25.1 Å². The Hall–Kier alpha value is -2.43. The number of nitrogens with two attached hydrogens (primary N) is 1. The first kappa shape index (κ1) is 14.0. The number of ether oxygens (including phenoxy) is 1. The van der Waals surface area contributed by atoms with Crippen LogP contribution in [0, 0.1) is 0 Å². The summed E-state index contributed by atoms with van der Waals surface area (Å²) in [6.45, 7) is 2.18. The number of amides is 1. The monoisotopic (exact) mass is 274 g/mol. The van der Waals surface area contributed by atoms with Gasteiger partial charge in [-0.05, 0) is 31.2 Å². The van der Waals surface area contributed by atoms with Gasteiger partial charge in [0.15, 0.2) is 0 Å². The lowest BCUT2D eigenvalue weighted by Gasteiger charge is -2.12. The van der Waals surface area contributed by atoms with E-state index in [1.54, 1.807) is 30.5 Å². The molecule has 1 amide bonds. The van der Waals surface area contributed by atoms with Crippen molar-refractivity contribution in [2.75, 3.05) is 12.3 Å². The molecule has 5 heteroatoms. The normalized spacial score (nSPS) is 11.8. The van der Waals surface area contributed by atoms with Gasteiger partial charge in [-0.25, -0.2) is 0 Å². The summed E-state index contributed by atoms with van der Waals surface area (Å²) in [5.74, 6) is 1.31. The maximum atomic E-state index is 11.7. The number of anilines is 1. The van der Waals surface area contributed by atoms with E-state index in [1.807, 2.05) is 19.1 Å². The smallest absolute Gasteiger partial charge is 0.224 e. The molecule has 2 aromatic rings. The number of rotatable bonds is 6. The molecule has 0 fully saturated rings. The Morgan fingerprint density at radius 3 is 2.95 bits per heavy atom. The van der Waals surface area contributed by atoms with Gasteiger partial charge in [0, 0.05) is 11.8 Å². The molecule has 1 heterocycles. The quantitative estimate of drug-likeness (QED) is 0.793. The van der Waals surface area contributed by atoms with Gasteiger partial charge in [-0.2, -0.15) is 0 Å². The Morgan fingerprint density at radius 2 is 2.25 bits per heavy atom. The van der Waals surface area contributed by atoms with Crippen LogP contribution in [0.3, 0.4) is 0 Å². The molecule has 0 spiro atoms. The SMILES string of the molecule is CC(NC(=O)CCOc1cccc(N)c1)c1ccco1. The zero-order valence-corrected chi connectivity index (χ0v) is 11.3. The first-order chi connectivity index (χ1) is 9.65. The number of carbonyl (C=O) groups excluding carboxylic acids is 1. The third-order valence-electron chi connectivity index (χ3n) is 2.80. The summed E-state index contributed by atoms with van der Waals surface area (Å²) in [5, 5.41) is 2.84. The number of furan rings is 1. The molecule has 1 aromatic carbocycles. The molecular weight excluding hydrogens is 256 g/mol. The van der Waals surface area contributed by atoms with Crippen LogP contribution in [-0.4, -0.2) is 12.5 Å². The Labute approximate surface area is 117 Å². The lowest BCUT2D eigenvalue weighted by atomic mass is 10.2. The Bertz CT molecular complexity index is 552. The number of hydrogen-bond acceptors (Lipinski definition) is 4. The third kappa shape index (κ3) is 4.05. The minimum atomic E-state index is -0.148. The van der Waals surface area contributed by atoms with E-state index in [1.165, 1.54) is 0 Å². The average molecular weight is 274 g/mol. The second kappa shape index (κ2) is 6.65. The Balaban J connectivity index is 1.73. The van der Waals surface area contributed by atoms with Crippen molar-refractivity contribution in [3.05, 3.63) is 48.4 Å². The molecule has 0 bridgehead atoms. The number of benzene rings is 1. The van der Waals surface area contributed by atoms with Crippen molar-refractivity contribution >= 4 is 11.6 Å². The van der Waals surface area contributed by atoms with Crippen molar-refractivity contribution in [2.24, 2.45) is 0 Å². The van der Waals surface area contributed by atoms with Crippen LogP contribution >= 0.6 is 0 Å². The van der Waals surface area contributed by atoms with Gasteiger partial charge < -0.3 is 20.2 Å². The molecule has 5 nitrogen and oxygen atoms in total. The topological polar surface area (TPSA) is 77.5 Å². The van der Waals surface area contributed by atoms with Gasteiger partial charge in [0.1, 0.15) is 11.5 Å². The molecule has 3 N–H and O–H groups in total. The predicted octanol–water partition coefficient (Wildman–Crippen LogP) is 2.51.